The largest absolute Gasteiger partial charge is 0.385 e. The number of methoxy groups -OCH3 is 1. The van der Waals surface area contributed by atoms with Gasteiger partial charge in [-0.15, -0.1) is 0 Å². The molecule has 3 N–H and O–H groups in total. The van der Waals surface area contributed by atoms with E-state index in [1.54, 1.807) is 19.2 Å². The Labute approximate surface area is 114 Å². The Balaban J connectivity index is 2.56. The van der Waals surface area contributed by atoms with Crippen molar-refractivity contribution in [2.75, 3.05) is 26.0 Å². The first-order valence-electron chi connectivity index (χ1n) is 6.59. The van der Waals surface area contributed by atoms with Gasteiger partial charge in [-0.3, -0.25) is 4.79 Å². The minimum absolute atomic E-state index is 0.103. The maximum atomic E-state index is 12.0. The van der Waals surface area contributed by atoms with Crippen molar-refractivity contribution in [1.82, 2.24) is 10.3 Å². The third kappa shape index (κ3) is 5.26. The average Bonchev–Trinajstić information content (AvgIpc) is 2.37. The second-order valence-corrected chi connectivity index (χ2v) is 4.82. The summed E-state index contributed by atoms with van der Waals surface area (Å²) < 4.78 is 4.95. The number of unbranched alkanes of at least 4 members (excludes halogenated alkanes) is 1. The van der Waals surface area contributed by atoms with Crippen molar-refractivity contribution < 1.29 is 9.53 Å². The van der Waals surface area contributed by atoms with Crippen molar-refractivity contribution in [3.8, 4) is 0 Å². The van der Waals surface area contributed by atoms with E-state index in [2.05, 4.69) is 10.3 Å². The number of pyridine rings is 1. The summed E-state index contributed by atoms with van der Waals surface area (Å²) in [7, 11) is 1.67. The monoisotopic (exact) mass is 265 g/mol. The van der Waals surface area contributed by atoms with Crippen LogP contribution < -0.4 is 11.1 Å². The van der Waals surface area contributed by atoms with Gasteiger partial charge in [-0.2, -0.15) is 0 Å². The molecule has 0 bridgehead atoms. The van der Waals surface area contributed by atoms with E-state index < -0.39 is 0 Å². The van der Waals surface area contributed by atoms with E-state index in [0.717, 1.165) is 25.1 Å². The van der Waals surface area contributed by atoms with Gasteiger partial charge in [0.2, 0.25) is 0 Å². The van der Waals surface area contributed by atoms with Gasteiger partial charge in [0.25, 0.3) is 5.91 Å². The zero-order chi connectivity index (χ0) is 14.3. The summed E-state index contributed by atoms with van der Waals surface area (Å²) in [6.07, 6.45) is 1.84. The fourth-order valence-electron chi connectivity index (χ4n) is 1.68. The molecule has 0 aliphatic carbocycles. The Morgan fingerprint density at radius 3 is 2.79 bits per heavy atom. The fraction of sp³-hybridized carbons (Fsp3) is 0.571. The zero-order valence-corrected chi connectivity index (χ0v) is 11.9. The first kappa shape index (κ1) is 15.4. The SMILES string of the molecule is COCCCCNC(=O)c1cc(N)nc(C(C)C)c1. The van der Waals surface area contributed by atoms with Crippen LogP contribution in [0.2, 0.25) is 0 Å². The van der Waals surface area contributed by atoms with Crippen LogP contribution in [0, 0.1) is 0 Å². The van der Waals surface area contributed by atoms with Crippen LogP contribution in [0.3, 0.4) is 0 Å². The molecule has 0 fully saturated rings. The van der Waals surface area contributed by atoms with E-state index in [1.807, 2.05) is 13.8 Å². The number of nitrogens with one attached hydrogen (secondary N) is 1. The fourth-order valence-corrected chi connectivity index (χ4v) is 1.68. The van der Waals surface area contributed by atoms with E-state index in [0.29, 0.717) is 17.9 Å². The number of ether oxygens (including phenoxy) is 1. The van der Waals surface area contributed by atoms with Gasteiger partial charge in [0, 0.05) is 31.5 Å². The number of nitrogens with two attached hydrogens (primary N) is 1. The van der Waals surface area contributed by atoms with Crippen LogP contribution in [0.1, 0.15) is 48.7 Å². The van der Waals surface area contributed by atoms with E-state index in [9.17, 15) is 4.79 Å². The Bertz CT molecular complexity index is 419. The standard InChI is InChI=1S/C14H23N3O2/c1-10(2)12-8-11(9-13(15)17-12)14(18)16-6-4-5-7-19-3/h8-10H,4-7H2,1-3H3,(H2,15,17)(H,16,18). The summed E-state index contributed by atoms with van der Waals surface area (Å²) in [5, 5.41) is 2.87. The number of rotatable bonds is 7. The Kier molecular flexibility index (Phi) is 6.29. The van der Waals surface area contributed by atoms with Crippen LogP contribution in [0.25, 0.3) is 0 Å². The highest BCUT2D eigenvalue weighted by molar-refractivity contribution is 5.94. The molecule has 1 rings (SSSR count). The van der Waals surface area contributed by atoms with Crippen LogP contribution in [0.5, 0.6) is 0 Å². The van der Waals surface area contributed by atoms with E-state index >= 15 is 0 Å². The minimum Gasteiger partial charge on any atom is -0.385 e. The number of hydrogen-bond acceptors (Lipinski definition) is 4. The van der Waals surface area contributed by atoms with Gasteiger partial charge in [0.05, 0.1) is 0 Å². The van der Waals surface area contributed by atoms with Crippen molar-refractivity contribution in [1.29, 1.82) is 0 Å². The second kappa shape index (κ2) is 7.74. The first-order chi connectivity index (χ1) is 9.04. The molecule has 1 heterocycles. The van der Waals surface area contributed by atoms with E-state index in [-0.39, 0.29) is 11.8 Å². The Morgan fingerprint density at radius 1 is 1.42 bits per heavy atom. The molecule has 0 saturated carbocycles. The van der Waals surface area contributed by atoms with Crippen LogP contribution in [-0.4, -0.2) is 31.2 Å². The van der Waals surface area contributed by atoms with Crippen molar-refractivity contribution in [3.05, 3.63) is 23.4 Å². The molecule has 5 heteroatoms. The molecule has 5 nitrogen and oxygen atoms in total. The van der Waals surface area contributed by atoms with Crippen molar-refractivity contribution >= 4 is 11.7 Å². The normalized spacial score (nSPS) is 10.7. The molecule has 0 radical (unpaired) electrons. The quantitative estimate of drug-likeness (QED) is 0.739. The number of nitrogens with zero attached hydrogens (tertiary/aromatic N) is 1. The number of nitrogen functional groups attached to an aromatic ring is 1. The smallest absolute Gasteiger partial charge is 0.251 e. The molecule has 0 unspecified atom stereocenters. The lowest BCUT2D eigenvalue weighted by atomic mass is 10.1. The lowest BCUT2D eigenvalue weighted by Crippen LogP contribution is -2.25. The third-order valence-electron chi connectivity index (χ3n) is 2.78. The molecule has 0 atom stereocenters. The Morgan fingerprint density at radius 2 is 2.16 bits per heavy atom. The molecular weight excluding hydrogens is 242 g/mol. The molecule has 106 valence electrons. The van der Waals surface area contributed by atoms with Crippen molar-refractivity contribution in [3.63, 3.8) is 0 Å². The highest BCUT2D eigenvalue weighted by Crippen LogP contribution is 2.15. The maximum Gasteiger partial charge on any atom is 0.251 e. The van der Waals surface area contributed by atoms with Crippen LogP contribution >= 0.6 is 0 Å². The van der Waals surface area contributed by atoms with Crippen LogP contribution in [0.4, 0.5) is 5.82 Å². The summed E-state index contributed by atoms with van der Waals surface area (Å²) in [6.45, 7) is 5.40. The number of amides is 1. The Hall–Kier alpha value is -1.62. The highest BCUT2D eigenvalue weighted by Gasteiger charge is 2.10. The van der Waals surface area contributed by atoms with Gasteiger partial charge >= 0.3 is 0 Å². The molecule has 0 aromatic carbocycles. The summed E-state index contributed by atoms with van der Waals surface area (Å²) >= 11 is 0. The second-order valence-electron chi connectivity index (χ2n) is 4.82. The third-order valence-corrected chi connectivity index (χ3v) is 2.78. The maximum absolute atomic E-state index is 12.0. The average molecular weight is 265 g/mol. The van der Waals surface area contributed by atoms with Crippen LogP contribution in [0.15, 0.2) is 12.1 Å². The number of aromatic nitrogens is 1. The number of anilines is 1. The molecule has 0 aliphatic heterocycles. The van der Waals surface area contributed by atoms with E-state index in [4.69, 9.17) is 10.5 Å². The molecular formula is C14H23N3O2. The molecule has 0 saturated heterocycles. The van der Waals surface area contributed by atoms with Gasteiger partial charge in [-0.25, -0.2) is 4.98 Å². The van der Waals surface area contributed by atoms with Crippen molar-refractivity contribution in [2.24, 2.45) is 0 Å². The highest BCUT2D eigenvalue weighted by atomic mass is 16.5. The molecule has 1 aromatic heterocycles. The molecule has 19 heavy (non-hydrogen) atoms. The minimum atomic E-state index is -0.103. The van der Waals surface area contributed by atoms with Gasteiger partial charge in [0.15, 0.2) is 0 Å². The number of hydrogen-bond donors (Lipinski definition) is 2. The topological polar surface area (TPSA) is 77.2 Å². The van der Waals surface area contributed by atoms with Gasteiger partial charge in [-0.1, -0.05) is 13.8 Å². The summed E-state index contributed by atoms with van der Waals surface area (Å²) in [5.41, 5.74) is 7.13. The predicted octanol–water partition coefficient (Wildman–Crippen LogP) is 1.94. The molecule has 1 aromatic rings. The zero-order valence-electron chi connectivity index (χ0n) is 11.9. The lowest BCUT2D eigenvalue weighted by Gasteiger charge is -2.09. The van der Waals surface area contributed by atoms with Crippen molar-refractivity contribution in [2.45, 2.75) is 32.6 Å². The van der Waals surface area contributed by atoms with Gasteiger partial charge < -0.3 is 15.8 Å². The summed E-state index contributed by atoms with van der Waals surface area (Å²) in [4.78, 5) is 16.2. The first-order valence-corrected chi connectivity index (χ1v) is 6.59. The predicted molar refractivity (Wildman–Crippen MR) is 76.2 cm³/mol. The molecule has 0 spiro atoms. The summed E-state index contributed by atoms with van der Waals surface area (Å²) in [6, 6.07) is 3.40. The summed E-state index contributed by atoms with van der Waals surface area (Å²) in [5.74, 6) is 0.529. The van der Waals surface area contributed by atoms with Crippen LogP contribution in [-0.2, 0) is 4.74 Å². The van der Waals surface area contributed by atoms with E-state index in [1.165, 1.54) is 0 Å². The van der Waals surface area contributed by atoms with Gasteiger partial charge in [-0.05, 0) is 30.9 Å². The lowest BCUT2D eigenvalue weighted by molar-refractivity contribution is 0.0951. The number of carbonyl (C=O) groups is 1. The number of carbonyl (C=O) groups excluding carboxylic acids is 1. The molecule has 0 aliphatic rings. The molecule has 1 amide bonds. The van der Waals surface area contributed by atoms with Gasteiger partial charge in [0.1, 0.15) is 5.82 Å².